The molecule has 0 heterocycles. The zero-order valence-corrected chi connectivity index (χ0v) is 11.2. The van der Waals surface area contributed by atoms with E-state index < -0.39 is 0 Å². The normalized spacial score (nSPS) is 10.9. The van der Waals surface area contributed by atoms with Crippen LogP contribution in [0.25, 0.3) is 0 Å². The van der Waals surface area contributed by atoms with E-state index in [0.717, 1.165) is 25.2 Å². The molecule has 0 atom stereocenters. The fourth-order valence-electron chi connectivity index (χ4n) is 1.55. The van der Waals surface area contributed by atoms with Gasteiger partial charge in [0.15, 0.2) is 0 Å². The van der Waals surface area contributed by atoms with Crippen molar-refractivity contribution >= 4 is 11.4 Å². The molecule has 0 amide bonds. The lowest BCUT2D eigenvalue weighted by atomic mass is 10.2. The van der Waals surface area contributed by atoms with Crippen LogP contribution in [0, 0.1) is 10.1 Å². The first-order valence-corrected chi connectivity index (χ1v) is 6.19. The number of hydrogen-bond acceptors (Lipinski definition) is 4. The van der Waals surface area contributed by atoms with Gasteiger partial charge in [-0.3, -0.25) is 10.1 Å². The molecule has 0 aromatic heterocycles. The van der Waals surface area contributed by atoms with Crippen molar-refractivity contribution in [2.45, 2.75) is 26.3 Å². The first kappa shape index (κ1) is 14.4. The molecule has 1 N–H and O–H groups in total. The van der Waals surface area contributed by atoms with Crippen LogP contribution in [0.4, 0.5) is 11.4 Å². The van der Waals surface area contributed by atoms with Gasteiger partial charge in [0.1, 0.15) is 0 Å². The molecule has 0 aliphatic heterocycles. The molecule has 1 aromatic carbocycles. The summed E-state index contributed by atoms with van der Waals surface area (Å²) in [4.78, 5) is 12.5. The van der Waals surface area contributed by atoms with Crippen molar-refractivity contribution in [3.05, 3.63) is 34.4 Å². The minimum atomic E-state index is -0.377. The predicted octanol–water partition coefficient (Wildman–Crippen LogP) is 2.74. The molecule has 100 valence electrons. The summed E-state index contributed by atoms with van der Waals surface area (Å²) in [6.07, 6.45) is 1.01. The topological polar surface area (TPSA) is 58.4 Å². The van der Waals surface area contributed by atoms with Gasteiger partial charge < -0.3 is 10.2 Å². The highest BCUT2D eigenvalue weighted by atomic mass is 16.6. The molecule has 18 heavy (non-hydrogen) atoms. The first-order valence-electron chi connectivity index (χ1n) is 6.19. The quantitative estimate of drug-likeness (QED) is 0.460. The summed E-state index contributed by atoms with van der Waals surface area (Å²) in [5, 5.41) is 13.8. The Morgan fingerprint density at radius 2 is 2.17 bits per heavy atom. The van der Waals surface area contributed by atoms with Gasteiger partial charge in [-0.25, -0.2) is 0 Å². The Balaban J connectivity index is 2.35. The molecule has 0 spiro atoms. The molecular formula is C13H21N3O2. The number of nitrogens with zero attached hydrogens (tertiary/aromatic N) is 2. The van der Waals surface area contributed by atoms with Gasteiger partial charge >= 0.3 is 0 Å². The highest BCUT2D eigenvalue weighted by molar-refractivity contribution is 5.50. The molecule has 0 unspecified atom stereocenters. The van der Waals surface area contributed by atoms with Gasteiger partial charge in [-0.2, -0.15) is 0 Å². The van der Waals surface area contributed by atoms with Crippen molar-refractivity contribution in [1.82, 2.24) is 4.90 Å². The van der Waals surface area contributed by atoms with Gasteiger partial charge in [-0.1, -0.05) is 6.07 Å². The zero-order chi connectivity index (χ0) is 13.5. The number of nitrogens with one attached hydrogen (secondary N) is 1. The van der Waals surface area contributed by atoms with Crippen LogP contribution >= 0.6 is 0 Å². The molecule has 0 saturated carbocycles. The number of benzene rings is 1. The fraction of sp³-hybridized carbons (Fsp3) is 0.538. The molecule has 0 saturated heterocycles. The van der Waals surface area contributed by atoms with Gasteiger partial charge in [-0.05, 0) is 39.9 Å². The van der Waals surface area contributed by atoms with Crippen LogP contribution in [-0.4, -0.2) is 36.0 Å². The summed E-state index contributed by atoms with van der Waals surface area (Å²) in [6, 6.07) is 7.15. The van der Waals surface area contributed by atoms with Crippen molar-refractivity contribution < 1.29 is 4.92 Å². The van der Waals surface area contributed by atoms with Crippen molar-refractivity contribution in [2.24, 2.45) is 0 Å². The monoisotopic (exact) mass is 251 g/mol. The lowest BCUT2D eigenvalue weighted by Gasteiger charge is -2.20. The summed E-state index contributed by atoms with van der Waals surface area (Å²) >= 11 is 0. The molecule has 0 aliphatic carbocycles. The summed E-state index contributed by atoms with van der Waals surface area (Å²) < 4.78 is 0. The van der Waals surface area contributed by atoms with Gasteiger partial charge in [0.25, 0.3) is 5.69 Å². The average molecular weight is 251 g/mol. The highest BCUT2D eigenvalue weighted by Gasteiger charge is 2.05. The number of non-ortho nitro benzene ring substituents is 1. The second-order valence-corrected chi connectivity index (χ2v) is 4.66. The minimum Gasteiger partial charge on any atom is -0.385 e. The van der Waals surface area contributed by atoms with Crippen molar-refractivity contribution in [2.75, 3.05) is 25.5 Å². The fourth-order valence-corrected chi connectivity index (χ4v) is 1.55. The van der Waals surface area contributed by atoms with Gasteiger partial charge in [0.2, 0.25) is 0 Å². The summed E-state index contributed by atoms with van der Waals surface area (Å²) in [7, 11) is 2.10. The maximum absolute atomic E-state index is 10.6. The minimum absolute atomic E-state index is 0.124. The van der Waals surface area contributed by atoms with E-state index in [1.165, 1.54) is 6.07 Å². The number of hydrogen-bond donors (Lipinski definition) is 1. The summed E-state index contributed by atoms with van der Waals surface area (Å²) in [6.45, 7) is 6.15. The predicted molar refractivity (Wildman–Crippen MR) is 74.0 cm³/mol. The second-order valence-electron chi connectivity index (χ2n) is 4.66. The second kappa shape index (κ2) is 6.96. The maximum Gasteiger partial charge on any atom is 0.271 e. The molecule has 0 radical (unpaired) electrons. The van der Waals surface area contributed by atoms with Gasteiger partial charge in [0.05, 0.1) is 4.92 Å². The molecule has 5 nitrogen and oxygen atoms in total. The average Bonchev–Trinajstić information content (AvgIpc) is 2.34. The Hall–Kier alpha value is -1.62. The van der Waals surface area contributed by atoms with Crippen LogP contribution in [-0.2, 0) is 0 Å². The molecule has 1 aromatic rings. The lowest BCUT2D eigenvalue weighted by Crippen LogP contribution is -2.28. The number of nitro benzene ring substituents is 1. The molecular weight excluding hydrogens is 230 g/mol. The van der Waals surface area contributed by atoms with Crippen LogP contribution in [0.2, 0.25) is 0 Å². The zero-order valence-electron chi connectivity index (χ0n) is 11.2. The number of nitro groups is 1. The number of rotatable bonds is 7. The lowest BCUT2D eigenvalue weighted by molar-refractivity contribution is -0.384. The van der Waals surface area contributed by atoms with Crippen LogP contribution < -0.4 is 5.32 Å². The molecule has 0 fully saturated rings. The van der Waals surface area contributed by atoms with E-state index in [4.69, 9.17) is 0 Å². The smallest absolute Gasteiger partial charge is 0.271 e. The van der Waals surface area contributed by atoms with E-state index in [1.807, 2.05) is 6.07 Å². The van der Waals surface area contributed by atoms with E-state index >= 15 is 0 Å². The first-order chi connectivity index (χ1) is 8.50. The van der Waals surface area contributed by atoms with E-state index in [2.05, 4.69) is 31.1 Å². The SMILES string of the molecule is CC(C)N(C)CCCNc1cccc([N+](=O)[O-])c1. The van der Waals surface area contributed by atoms with Crippen molar-refractivity contribution in [1.29, 1.82) is 0 Å². The standard InChI is InChI=1S/C13H21N3O2/c1-11(2)15(3)9-5-8-14-12-6-4-7-13(10-12)16(17)18/h4,6-7,10-11,14H,5,8-9H2,1-3H3. The Bertz CT molecular complexity index is 394. The van der Waals surface area contributed by atoms with E-state index in [1.54, 1.807) is 12.1 Å². The molecule has 0 aliphatic rings. The Labute approximate surface area is 108 Å². The molecule has 0 bridgehead atoms. The van der Waals surface area contributed by atoms with E-state index in [9.17, 15) is 10.1 Å². The van der Waals surface area contributed by atoms with E-state index in [-0.39, 0.29) is 10.6 Å². The number of anilines is 1. The summed E-state index contributed by atoms with van der Waals surface area (Å²) in [5.74, 6) is 0. The van der Waals surface area contributed by atoms with Crippen LogP contribution in [0.3, 0.4) is 0 Å². The largest absolute Gasteiger partial charge is 0.385 e. The van der Waals surface area contributed by atoms with Crippen LogP contribution in [0.5, 0.6) is 0 Å². The Morgan fingerprint density at radius 3 is 2.78 bits per heavy atom. The Kier molecular flexibility index (Phi) is 5.58. The highest BCUT2D eigenvalue weighted by Crippen LogP contribution is 2.16. The van der Waals surface area contributed by atoms with Gasteiger partial charge in [-0.15, -0.1) is 0 Å². The third kappa shape index (κ3) is 4.71. The Morgan fingerprint density at radius 1 is 1.44 bits per heavy atom. The molecule has 5 heteroatoms. The van der Waals surface area contributed by atoms with E-state index in [0.29, 0.717) is 6.04 Å². The third-order valence-electron chi connectivity index (χ3n) is 2.96. The van der Waals surface area contributed by atoms with Gasteiger partial charge in [0, 0.05) is 30.4 Å². The summed E-state index contributed by atoms with van der Waals surface area (Å²) in [5.41, 5.74) is 0.927. The van der Waals surface area contributed by atoms with Crippen molar-refractivity contribution in [3.63, 3.8) is 0 Å². The maximum atomic E-state index is 10.6. The van der Waals surface area contributed by atoms with Crippen LogP contribution in [0.15, 0.2) is 24.3 Å². The van der Waals surface area contributed by atoms with Crippen molar-refractivity contribution in [3.8, 4) is 0 Å². The van der Waals surface area contributed by atoms with Crippen LogP contribution in [0.1, 0.15) is 20.3 Å². The molecule has 1 rings (SSSR count). The third-order valence-corrected chi connectivity index (χ3v) is 2.96.